The van der Waals surface area contributed by atoms with Gasteiger partial charge in [0.1, 0.15) is 0 Å². The van der Waals surface area contributed by atoms with Gasteiger partial charge in [-0.25, -0.2) is 0 Å². The van der Waals surface area contributed by atoms with E-state index in [1.807, 2.05) is 12.1 Å². The third-order valence-electron chi connectivity index (χ3n) is 4.34. The topological polar surface area (TPSA) is 6.48 Å². The summed E-state index contributed by atoms with van der Waals surface area (Å²) in [5.41, 5.74) is 2.55. The molecule has 3 heteroatoms. The molecule has 1 fully saturated rings. The average molecular weight is 301 g/mol. The monoisotopic (exact) mass is 300 g/mol. The number of anilines is 1. The van der Waals surface area contributed by atoms with Crippen LogP contribution in [-0.2, 0) is 0 Å². The molecule has 21 heavy (non-hydrogen) atoms. The van der Waals surface area contributed by atoms with Crippen molar-refractivity contribution in [1.29, 1.82) is 0 Å². The van der Waals surface area contributed by atoms with Crippen LogP contribution in [0.5, 0.6) is 0 Å². The van der Waals surface area contributed by atoms with Gasteiger partial charge in [0.2, 0.25) is 0 Å². The molecule has 0 bridgehead atoms. The van der Waals surface area contributed by atoms with E-state index in [2.05, 4.69) is 59.2 Å². The third-order valence-corrected chi connectivity index (χ3v) is 4.66. The van der Waals surface area contributed by atoms with E-state index in [4.69, 9.17) is 11.6 Å². The van der Waals surface area contributed by atoms with Crippen molar-refractivity contribution in [2.45, 2.75) is 13.0 Å². The first-order chi connectivity index (χ1) is 10.3. The van der Waals surface area contributed by atoms with Crippen LogP contribution < -0.4 is 4.90 Å². The fourth-order valence-corrected chi connectivity index (χ4v) is 3.26. The number of hydrogen-bond donors (Lipinski definition) is 0. The predicted molar refractivity (Wildman–Crippen MR) is 90.1 cm³/mol. The highest BCUT2D eigenvalue weighted by Gasteiger charge is 2.22. The number of hydrogen-bond acceptors (Lipinski definition) is 2. The summed E-state index contributed by atoms with van der Waals surface area (Å²) in [6, 6.07) is 19.3. The van der Waals surface area contributed by atoms with Crippen LogP contribution in [-0.4, -0.2) is 31.1 Å². The number of para-hydroxylation sites is 1. The summed E-state index contributed by atoms with van der Waals surface area (Å²) >= 11 is 6.30. The minimum atomic E-state index is 0.472. The molecule has 0 aliphatic carbocycles. The van der Waals surface area contributed by atoms with Crippen molar-refractivity contribution in [2.24, 2.45) is 0 Å². The Balaban J connectivity index is 1.64. The molecule has 2 aromatic rings. The summed E-state index contributed by atoms with van der Waals surface area (Å²) < 4.78 is 0. The van der Waals surface area contributed by atoms with Gasteiger partial charge < -0.3 is 4.90 Å². The second-order valence-electron chi connectivity index (χ2n) is 5.56. The molecule has 3 rings (SSSR count). The summed E-state index contributed by atoms with van der Waals surface area (Å²) in [5.74, 6) is 0. The smallest absolute Gasteiger partial charge is 0.0639 e. The van der Waals surface area contributed by atoms with Gasteiger partial charge in [-0.05, 0) is 24.6 Å². The van der Waals surface area contributed by atoms with Gasteiger partial charge in [0.05, 0.1) is 10.7 Å². The molecule has 0 radical (unpaired) electrons. The van der Waals surface area contributed by atoms with Gasteiger partial charge in [-0.1, -0.05) is 54.1 Å². The van der Waals surface area contributed by atoms with Gasteiger partial charge in [-0.15, -0.1) is 0 Å². The number of halogens is 1. The van der Waals surface area contributed by atoms with Crippen molar-refractivity contribution < 1.29 is 0 Å². The Hall–Kier alpha value is -1.51. The lowest BCUT2D eigenvalue weighted by molar-refractivity contribution is 0.198. The lowest BCUT2D eigenvalue weighted by Crippen LogP contribution is -2.47. The van der Waals surface area contributed by atoms with Crippen molar-refractivity contribution >= 4 is 17.3 Å². The molecule has 1 heterocycles. The molecular formula is C18H21ClN2. The normalized spacial score (nSPS) is 17.7. The highest BCUT2D eigenvalue weighted by atomic mass is 35.5. The lowest BCUT2D eigenvalue weighted by atomic mass is 10.1. The predicted octanol–water partition coefficient (Wildman–Crippen LogP) is 4.22. The van der Waals surface area contributed by atoms with Crippen LogP contribution in [0.1, 0.15) is 18.5 Å². The second kappa shape index (κ2) is 6.50. The third kappa shape index (κ3) is 3.22. The van der Waals surface area contributed by atoms with Crippen LogP contribution in [0.4, 0.5) is 5.69 Å². The molecule has 2 nitrogen and oxygen atoms in total. The zero-order valence-corrected chi connectivity index (χ0v) is 13.1. The van der Waals surface area contributed by atoms with Crippen LogP contribution in [0, 0.1) is 0 Å². The van der Waals surface area contributed by atoms with Crippen LogP contribution >= 0.6 is 11.6 Å². The van der Waals surface area contributed by atoms with E-state index in [9.17, 15) is 0 Å². The van der Waals surface area contributed by atoms with E-state index in [0.717, 1.165) is 36.9 Å². The fourth-order valence-electron chi connectivity index (χ4n) is 3.00. The number of benzene rings is 2. The molecule has 0 aromatic heterocycles. The van der Waals surface area contributed by atoms with Gasteiger partial charge in [-0.3, -0.25) is 4.90 Å². The van der Waals surface area contributed by atoms with Crippen LogP contribution in [0.2, 0.25) is 5.02 Å². The first-order valence-electron chi connectivity index (χ1n) is 7.54. The number of rotatable bonds is 3. The molecule has 1 saturated heterocycles. The minimum Gasteiger partial charge on any atom is -0.368 e. The highest BCUT2D eigenvalue weighted by Crippen LogP contribution is 2.28. The van der Waals surface area contributed by atoms with Crippen molar-refractivity contribution in [3.05, 3.63) is 65.2 Å². The quantitative estimate of drug-likeness (QED) is 0.837. The fraction of sp³-hybridized carbons (Fsp3) is 0.333. The molecule has 2 aromatic carbocycles. The molecule has 0 N–H and O–H groups in total. The van der Waals surface area contributed by atoms with E-state index in [0.29, 0.717) is 6.04 Å². The zero-order chi connectivity index (χ0) is 14.7. The van der Waals surface area contributed by atoms with Crippen molar-refractivity contribution in [3.63, 3.8) is 0 Å². The van der Waals surface area contributed by atoms with Crippen LogP contribution in [0.25, 0.3) is 0 Å². The standard InChI is InChI=1S/C18H21ClN2/c1-15(16-7-3-2-4-8-16)20-11-13-21(14-12-20)18-10-6-5-9-17(18)19/h2-10,15H,11-14H2,1H3. The Kier molecular flexibility index (Phi) is 4.47. The maximum Gasteiger partial charge on any atom is 0.0639 e. The van der Waals surface area contributed by atoms with E-state index in [1.165, 1.54) is 5.56 Å². The highest BCUT2D eigenvalue weighted by molar-refractivity contribution is 6.33. The number of nitrogens with zero attached hydrogens (tertiary/aromatic N) is 2. The summed E-state index contributed by atoms with van der Waals surface area (Å²) in [5, 5.41) is 0.849. The molecule has 1 aliphatic rings. The average Bonchev–Trinajstić information content (AvgIpc) is 2.56. The Morgan fingerprint density at radius 3 is 2.14 bits per heavy atom. The van der Waals surface area contributed by atoms with Gasteiger partial charge in [0, 0.05) is 32.2 Å². The SMILES string of the molecule is CC(c1ccccc1)N1CCN(c2ccccc2Cl)CC1. The maximum atomic E-state index is 6.30. The molecule has 0 saturated carbocycles. The van der Waals surface area contributed by atoms with Crippen molar-refractivity contribution in [2.75, 3.05) is 31.1 Å². The first kappa shape index (κ1) is 14.4. The minimum absolute atomic E-state index is 0.472. The zero-order valence-electron chi connectivity index (χ0n) is 12.4. The lowest BCUT2D eigenvalue weighted by Gasteiger charge is -2.39. The van der Waals surface area contributed by atoms with Crippen LogP contribution in [0.15, 0.2) is 54.6 Å². The Morgan fingerprint density at radius 2 is 1.48 bits per heavy atom. The second-order valence-corrected chi connectivity index (χ2v) is 5.97. The van der Waals surface area contributed by atoms with Gasteiger partial charge >= 0.3 is 0 Å². The Bertz CT molecular complexity index is 577. The van der Waals surface area contributed by atoms with Crippen molar-refractivity contribution in [3.8, 4) is 0 Å². The summed E-state index contributed by atoms with van der Waals surface area (Å²) in [6.07, 6.45) is 0. The molecule has 0 amide bonds. The molecular weight excluding hydrogens is 280 g/mol. The van der Waals surface area contributed by atoms with E-state index in [-0.39, 0.29) is 0 Å². The molecule has 1 atom stereocenters. The Labute approximate surface area is 131 Å². The van der Waals surface area contributed by atoms with Gasteiger partial charge in [0.25, 0.3) is 0 Å². The molecule has 0 spiro atoms. The summed E-state index contributed by atoms with van der Waals surface area (Å²) in [7, 11) is 0. The molecule has 1 aliphatic heterocycles. The Morgan fingerprint density at radius 1 is 0.857 bits per heavy atom. The summed E-state index contributed by atoms with van der Waals surface area (Å²) in [4.78, 5) is 4.93. The van der Waals surface area contributed by atoms with E-state index >= 15 is 0 Å². The van der Waals surface area contributed by atoms with Gasteiger partial charge in [0.15, 0.2) is 0 Å². The first-order valence-corrected chi connectivity index (χ1v) is 7.92. The van der Waals surface area contributed by atoms with Crippen molar-refractivity contribution in [1.82, 2.24) is 4.90 Å². The van der Waals surface area contributed by atoms with Crippen LogP contribution in [0.3, 0.4) is 0 Å². The molecule has 1 unspecified atom stereocenters. The van der Waals surface area contributed by atoms with Gasteiger partial charge in [-0.2, -0.15) is 0 Å². The number of piperazine rings is 1. The van der Waals surface area contributed by atoms with E-state index in [1.54, 1.807) is 0 Å². The molecule has 110 valence electrons. The largest absolute Gasteiger partial charge is 0.368 e. The summed E-state index contributed by atoms with van der Waals surface area (Å²) in [6.45, 7) is 6.49. The maximum absolute atomic E-state index is 6.30. The van der Waals surface area contributed by atoms with E-state index < -0.39 is 0 Å².